The molecule has 1 aliphatic rings. The van der Waals surface area contributed by atoms with Crippen molar-refractivity contribution in [1.82, 2.24) is 9.80 Å². The number of nitrogens with zero attached hydrogens (tertiary/aromatic N) is 2. The van der Waals surface area contributed by atoms with E-state index < -0.39 is 5.82 Å². The Hall–Kier alpha value is -1.37. The van der Waals surface area contributed by atoms with Crippen LogP contribution in [0.15, 0.2) is 18.2 Å². The number of carbonyl (C=O) groups is 1. The lowest BCUT2D eigenvalue weighted by Crippen LogP contribution is -2.50. The molecule has 1 unspecified atom stereocenters. The van der Waals surface area contributed by atoms with Gasteiger partial charge in [0, 0.05) is 32.7 Å². The lowest BCUT2D eigenvalue weighted by atomic mass is 10.2. The number of hydrogen-bond acceptors (Lipinski definition) is 4. The molecule has 0 bridgehead atoms. The Morgan fingerprint density at radius 1 is 1.39 bits per heavy atom. The van der Waals surface area contributed by atoms with E-state index in [9.17, 15) is 14.3 Å². The molecule has 0 spiro atoms. The van der Waals surface area contributed by atoms with Gasteiger partial charge in [-0.25, -0.2) is 4.39 Å². The summed E-state index contributed by atoms with van der Waals surface area (Å²) in [5.41, 5.74) is 0. The Kier molecular flexibility index (Phi) is 6.62. The number of halogens is 2. The molecule has 0 aliphatic carbocycles. The topological polar surface area (TPSA) is 53.0 Å². The first kappa shape index (κ1) is 18.0. The predicted molar refractivity (Wildman–Crippen MR) is 86.2 cm³/mol. The van der Waals surface area contributed by atoms with Crippen molar-refractivity contribution in [2.75, 3.05) is 39.3 Å². The van der Waals surface area contributed by atoms with Gasteiger partial charge in [0.05, 0.1) is 24.2 Å². The summed E-state index contributed by atoms with van der Waals surface area (Å²) in [6.07, 6.45) is -0.101. The van der Waals surface area contributed by atoms with Gasteiger partial charge in [0.15, 0.2) is 0 Å². The largest absolute Gasteiger partial charge is 0.491 e. The van der Waals surface area contributed by atoms with E-state index in [1.807, 2.05) is 0 Å². The fourth-order valence-electron chi connectivity index (χ4n) is 2.55. The second kappa shape index (κ2) is 8.47. The number of benzene rings is 1. The third-order valence-electron chi connectivity index (χ3n) is 3.71. The van der Waals surface area contributed by atoms with Crippen molar-refractivity contribution in [2.24, 2.45) is 0 Å². The molecule has 5 nitrogen and oxygen atoms in total. The average molecular weight is 345 g/mol. The number of β-amino-alcohol motifs (C(OH)–C–C–N with tert-alkyl or cyclic N) is 1. The molecule has 1 heterocycles. The van der Waals surface area contributed by atoms with Crippen LogP contribution in [0.2, 0.25) is 5.02 Å². The fraction of sp³-hybridized carbons (Fsp3) is 0.562. The van der Waals surface area contributed by atoms with E-state index in [1.165, 1.54) is 18.2 Å². The van der Waals surface area contributed by atoms with Crippen LogP contribution in [0.5, 0.6) is 5.75 Å². The van der Waals surface area contributed by atoms with Crippen LogP contribution in [-0.2, 0) is 4.79 Å². The van der Waals surface area contributed by atoms with Crippen molar-refractivity contribution in [3.8, 4) is 5.75 Å². The summed E-state index contributed by atoms with van der Waals surface area (Å²) < 4.78 is 18.4. The van der Waals surface area contributed by atoms with E-state index in [-0.39, 0.29) is 30.1 Å². The lowest BCUT2D eigenvalue weighted by molar-refractivity contribution is -0.133. The molecule has 23 heavy (non-hydrogen) atoms. The van der Waals surface area contributed by atoms with E-state index in [0.717, 1.165) is 13.1 Å². The van der Waals surface area contributed by atoms with E-state index >= 15 is 0 Å². The minimum atomic E-state index is -0.423. The van der Waals surface area contributed by atoms with Crippen LogP contribution in [0.25, 0.3) is 0 Å². The summed E-state index contributed by atoms with van der Waals surface area (Å²) >= 11 is 5.86. The van der Waals surface area contributed by atoms with Gasteiger partial charge in [-0.15, -0.1) is 0 Å². The number of rotatable bonds is 6. The third-order valence-corrected chi connectivity index (χ3v) is 4.01. The minimum absolute atomic E-state index is 0.0277. The van der Waals surface area contributed by atoms with Crippen molar-refractivity contribution < 1.29 is 19.0 Å². The zero-order valence-corrected chi connectivity index (χ0v) is 13.9. The zero-order chi connectivity index (χ0) is 16.8. The van der Waals surface area contributed by atoms with Gasteiger partial charge in [0.25, 0.3) is 0 Å². The predicted octanol–water partition coefficient (Wildman–Crippen LogP) is 1.77. The molecule has 1 aliphatic heterocycles. The number of aliphatic hydroxyl groups excluding tert-OH is 1. The minimum Gasteiger partial charge on any atom is -0.491 e. The molecule has 1 saturated heterocycles. The van der Waals surface area contributed by atoms with Crippen LogP contribution >= 0.6 is 11.6 Å². The van der Waals surface area contributed by atoms with E-state index in [4.69, 9.17) is 16.3 Å². The van der Waals surface area contributed by atoms with Crippen molar-refractivity contribution in [2.45, 2.75) is 19.4 Å². The zero-order valence-electron chi connectivity index (χ0n) is 13.2. The molecular weight excluding hydrogens is 323 g/mol. The standard InChI is InChI=1S/C16H22ClFN2O3/c1-12(21)11-19-5-7-20(8-6-19)16(22)4-9-23-15-3-2-13(18)10-14(15)17/h2-3,10,12,21H,4-9,11H2,1H3. The summed E-state index contributed by atoms with van der Waals surface area (Å²) in [5.74, 6) is -0.0176. The van der Waals surface area contributed by atoms with Crippen LogP contribution in [0.1, 0.15) is 13.3 Å². The molecule has 1 amide bonds. The van der Waals surface area contributed by atoms with Crippen molar-refractivity contribution in [3.63, 3.8) is 0 Å². The molecule has 7 heteroatoms. The summed E-state index contributed by atoms with van der Waals surface area (Å²) in [4.78, 5) is 16.1. The van der Waals surface area contributed by atoms with Gasteiger partial charge in [-0.1, -0.05) is 11.6 Å². The van der Waals surface area contributed by atoms with Crippen LogP contribution < -0.4 is 4.74 Å². The molecule has 1 N–H and O–H groups in total. The highest BCUT2D eigenvalue weighted by Gasteiger charge is 2.21. The molecule has 2 rings (SSSR count). The molecule has 1 aromatic rings. The summed E-state index contributed by atoms with van der Waals surface area (Å²) in [7, 11) is 0. The summed E-state index contributed by atoms with van der Waals surface area (Å²) in [6, 6.07) is 3.90. The summed E-state index contributed by atoms with van der Waals surface area (Å²) in [5, 5.41) is 9.57. The fourth-order valence-corrected chi connectivity index (χ4v) is 2.77. The van der Waals surface area contributed by atoms with Gasteiger partial charge in [-0.3, -0.25) is 9.69 Å². The number of amides is 1. The summed E-state index contributed by atoms with van der Waals surface area (Å²) in [6.45, 7) is 5.44. The maximum Gasteiger partial charge on any atom is 0.226 e. The number of hydrogen-bond donors (Lipinski definition) is 1. The van der Waals surface area contributed by atoms with Gasteiger partial charge in [-0.05, 0) is 25.1 Å². The number of aliphatic hydroxyl groups is 1. The monoisotopic (exact) mass is 344 g/mol. The lowest BCUT2D eigenvalue weighted by Gasteiger charge is -2.35. The van der Waals surface area contributed by atoms with Gasteiger partial charge >= 0.3 is 0 Å². The maximum atomic E-state index is 12.9. The number of ether oxygens (including phenoxy) is 1. The molecule has 1 fully saturated rings. The Balaban J connectivity index is 1.71. The highest BCUT2D eigenvalue weighted by molar-refractivity contribution is 6.32. The third kappa shape index (κ3) is 5.64. The molecule has 1 atom stereocenters. The Morgan fingerprint density at radius 2 is 2.09 bits per heavy atom. The van der Waals surface area contributed by atoms with Gasteiger partial charge < -0.3 is 14.7 Å². The second-order valence-electron chi connectivity index (χ2n) is 5.70. The van der Waals surface area contributed by atoms with E-state index in [2.05, 4.69) is 4.90 Å². The highest BCUT2D eigenvalue weighted by atomic mass is 35.5. The normalized spacial score (nSPS) is 17.1. The van der Waals surface area contributed by atoms with Crippen LogP contribution in [0.3, 0.4) is 0 Å². The second-order valence-corrected chi connectivity index (χ2v) is 6.11. The van der Waals surface area contributed by atoms with Crippen LogP contribution in [-0.4, -0.2) is 66.2 Å². The van der Waals surface area contributed by atoms with Crippen LogP contribution in [0, 0.1) is 5.82 Å². The van der Waals surface area contributed by atoms with Crippen LogP contribution in [0.4, 0.5) is 4.39 Å². The van der Waals surface area contributed by atoms with E-state index in [0.29, 0.717) is 25.4 Å². The van der Waals surface area contributed by atoms with Gasteiger partial charge in [0.1, 0.15) is 11.6 Å². The molecule has 0 aromatic heterocycles. The van der Waals surface area contributed by atoms with Crippen molar-refractivity contribution in [1.29, 1.82) is 0 Å². The van der Waals surface area contributed by atoms with Crippen molar-refractivity contribution >= 4 is 17.5 Å². The molecule has 128 valence electrons. The molecule has 1 aromatic carbocycles. The van der Waals surface area contributed by atoms with E-state index in [1.54, 1.807) is 11.8 Å². The molecule has 0 saturated carbocycles. The quantitative estimate of drug-likeness (QED) is 0.854. The Labute approximate surface area is 140 Å². The number of piperazine rings is 1. The molecule has 0 radical (unpaired) electrons. The highest BCUT2D eigenvalue weighted by Crippen LogP contribution is 2.24. The number of carbonyl (C=O) groups excluding carboxylic acids is 1. The Bertz CT molecular complexity index is 534. The average Bonchev–Trinajstić information content (AvgIpc) is 2.49. The first-order chi connectivity index (χ1) is 11.0. The van der Waals surface area contributed by atoms with Crippen molar-refractivity contribution in [3.05, 3.63) is 29.0 Å². The van der Waals surface area contributed by atoms with Gasteiger partial charge in [-0.2, -0.15) is 0 Å². The van der Waals surface area contributed by atoms with Gasteiger partial charge in [0.2, 0.25) is 5.91 Å². The first-order valence-corrected chi connectivity index (χ1v) is 8.09. The smallest absolute Gasteiger partial charge is 0.226 e. The SMILES string of the molecule is CC(O)CN1CCN(C(=O)CCOc2ccc(F)cc2Cl)CC1. The molecular formula is C16H22ClFN2O3. The Morgan fingerprint density at radius 3 is 2.70 bits per heavy atom. The first-order valence-electron chi connectivity index (χ1n) is 7.72. The maximum absolute atomic E-state index is 12.9.